The molecule has 0 aromatic heterocycles. The first-order chi connectivity index (χ1) is 6.84. The Hall–Kier alpha value is -0.410. The highest BCUT2D eigenvalue weighted by atomic mass is 16.3. The quantitative estimate of drug-likeness (QED) is 0.608. The first kappa shape index (κ1) is 14.6. The largest absolute Gasteiger partial charge is 0.383 e. The molecule has 0 atom stereocenters. The minimum Gasteiger partial charge on any atom is -0.383 e. The van der Waals surface area contributed by atoms with Crippen LogP contribution in [-0.2, 0) is 4.79 Å². The Morgan fingerprint density at radius 1 is 1.27 bits per heavy atom. The van der Waals surface area contributed by atoms with E-state index in [2.05, 4.69) is 19.2 Å². The molecule has 0 aromatic carbocycles. The molecule has 0 spiro atoms. The van der Waals surface area contributed by atoms with Crippen LogP contribution in [-0.4, -0.2) is 29.1 Å². The van der Waals surface area contributed by atoms with Crippen LogP contribution in [0.2, 0.25) is 0 Å². The van der Waals surface area contributed by atoms with Gasteiger partial charge in [-0.2, -0.15) is 0 Å². The molecule has 0 radical (unpaired) electrons. The Morgan fingerprint density at radius 3 is 2.33 bits per heavy atom. The Morgan fingerprint density at radius 2 is 1.87 bits per heavy atom. The third-order valence-corrected chi connectivity index (χ3v) is 2.32. The number of carbonyl (C=O) groups is 1. The van der Waals surface area contributed by atoms with Crippen molar-refractivity contribution in [2.75, 3.05) is 6.54 Å². The minimum absolute atomic E-state index is 0.0562. The molecule has 0 aromatic rings. The number of aliphatic hydroxyl groups is 1. The number of unbranched alkanes of at least 4 members (excludes halogenated alkanes) is 2. The molecule has 0 amide bonds. The van der Waals surface area contributed by atoms with Crippen molar-refractivity contribution in [1.29, 1.82) is 0 Å². The number of Topliss-reactive ketones (excluding diaryl/α,β-unsaturated/α-hetero) is 1. The summed E-state index contributed by atoms with van der Waals surface area (Å²) in [5.41, 5.74) is -1.16. The molecule has 0 heterocycles. The van der Waals surface area contributed by atoms with Crippen LogP contribution in [0.1, 0.15) is 53.4 Å². The number of carbonyl (C=O) groups excluding carboxylic acids is 1. The van der Waals surface area contributed by atoms with Crippen LogP contribution in [0.15, 0.2) is 0 Å². The molecular formula is C12H25NO2. The topological polar surface area (TPSA) is 49.3 Å². The standard InChI is InChI=1S/C12H25NO2/c1-10(2)13-9-7-5-6-8-11(14)12(3,4)15/h10,13,15H,5-9H2,1-4H3. The maximum absolute atomic E-state index is 11.3. The average molecular weight is 215 g/mol. The molecule has 0 rings (SSSR count). The van der Waals surface area contributed by atoms with Gasteiger partial charge in [-0.05, 0) is 33.2 Å². The second-order valence-electron chi connectivity index (χ2n) is 4.90. The Labute approximate surface area is 93.3 Å². The highest BCUT2D eigenvalue weighted by molar-refractivity contribution is 5.86. The van der Waals surface area contributed by atoms with Crippen molar-refractivity contribution in [2.45, 2.75) is 65.0 Å². The minimum atomic E-state index is -1.16. The molecule has 0 aliphatic rings. The van der Waals surface area contributed by atoms with Crippen molar-refractivity contribution in [2.24, 2.45) is 0 Å². The van der Waals surface area contributed by atoms with E-state index in [-0.39, 0.29) is 5.78 Å². The molecule has 0 aliphatic heterocycles. The maximum atomic E-state index is 11.3. The van der Waals surface area contributed by atoms with Gasteiger partial charge in [0, 0.05) is 12.5 Å². The summed E-state index contributed by atoms with van der Waals surface area (Å²) in [5.74, 6) is -0.0562. The van der Waals surface area contributed by atoms with Crippen molar-refractivity contribution >= 4 is 5.78 Å². The summed E-state index contributed by atoms with van der Waals surface area (Å²) in [6, 6.07) is 0.531. The lowest BCUT2D eigenvalue weighted by Gasteiger charge is -2.15. The zero-order valence-corrected chi connectivity index (χ0v) is 10.5. The predicted molar refractivity (Wildman–Crippen MR) is 62.9 cm³/mol. The summed E-state index contributed by atoms with van der Waals surface area (Å²) in [5, 5.41) is 12.7. The number of rotatable bonds is 8. The van der Waals surface area contributed by atoms with E-state index in [1.165, 1.54) is 0 Å². The Balaban J connectivity index is 3.36. The van der Waals surface area contributed by atoms with Gasteiger partial charge in [-0.3, -0.25) is 4.79 Å². The van der Waals surface area contributed by atoms with Crippen molar-refractivity contribution in [3.05, 3.63) is 0 Å². The molecule has 15 heavy (non-hydrogen) atoms. The summed E-state index contributed by atoms with van der Waals surface area (Å²) >= 11 is 0. The zero-order valence-electron chi connectivity index (χ0n) is 10.5. The normalized spacial score (nSPS) is 12.1. The molecule has 3 nitrogen and oxygen atoms in total. The van der Waals surface area contributed by atoms with Gasteiger partial charge >= 0.3 is 0 Å². The highest BCUT2D eigenvalue weighted by Gasteiger charge is 2.22. The van der Waals surface area contributed by atoms with Gasteiger partial charge < -0.3 is 10.4 Å². The van der Waals surface area contributed by atoms with E-state index in [0.717, 1.165) is 25.8 Å². The third-order valence-electron chi connectivity index (χ3n) is 2.32. The fourth-order valence-electron chi connectivity index (χ4n) is 1.28. The predicted octanol–water partition coefficient (Wildman–Crippen LogP) is 1.88. The van der Waals surface area contributed by atoms with Gasteiger partial charge in [0.2, 0.25) is 0 Å². The van der Waals surface area contributed by atoms with Crippen molar-refractivity contribution in [1.82, 2.24) is 5.32 Å². The SMILES string of the molecule is CC(C)NCCCCCC(=O)C(C)(C)O. The van der Waals surface area contributed by atoms with Gasteiger partial charge in [-0.25, -0.2) is 0 Å². The average Bonchev–Trinajstić information content (AvgIpc) is 2.08. The zero-order chi connectivity index (χ0) is 11.9. The van der Waals surface area contributed by atoms with E-state index in [4.69, 9.17) is 0 Å². The summed E-state index contributed by atoms with van der Waals surface area (Å²) < 4.78 is 0. The molecule has 2 N–H and O–H groups in total. The Bertz CT molecular complexity index is 183. The van der Waals surface area contributed by atoms with Crippen LogP contribution in [0.3, 0.4) is 0 Å². The first-order valence-corrected chi connectivity index (χ1v) is 5.83. The number of nitrogens with one attached hydrogen (secondary N) is 1. The van der Waals surface area contributed by atoms with E-state index in [1.54, 1.807) is 13.8 Å². The van der Waals surface area contributed by atoms with Gasteiger partial charge in [-0.1, -0.05) is 20.3 Å². The number of hydrogen-bond donors (Lipinski definition) is 2. The fourth-order valence-corrected chi connectivity index (χ4v) is 1.28. The first-order valence-electron chi connectivity index (χ1n) is 5.83. The molecule has 0 saturated carbocycles. The molecule has 0 unspecified atom stereocenters. The fraction of sp³-hybridized carbons (Fsp3) is 0.917. The summed E-state index contributed by atoms with van der Waals surface area (Å²) in [6.45, 7) is 8.36. The molecule has 0 bridgehead atoms. The number of hydrogen-bond acceptors (Lipinski definition) is 3. The van der Waals surface area contributed by atoms with Crippen molar-refractivity contribution in [3.63, 3.8) is 0 Å². The van der Waals surface area contributed by atoms with Gasteiger partial charge in [0.25, 0.3) is 0 Å². The molecule has 3 heteroatoms. The van der Waals surface area contributed by atoms with E-state index in [9.17, 15) is 9.90 Å². The molecular weight excluding hydrogens is 190 g/mol. The van der Waals surface area contributed by atoms with Gasteiger partial charge in [0.1, 0.15) is 5.60 Å². The molecule has 0 saturated heterocycles. The maximum Gasteiger partial charge on any atom is 0.163 e. The van der Waals surface area contributed by atoms with E-state index in [1.807, 2.05) is 0 Å². The Kier molecular flexibility index (Phi) is 6.77. The number of ketones is 1. The highest BCUT2D eigenvalue weighted by Crippen LogP contribution is 2.09. The third kappa shape index (κ3) is 8.58. The van der Waals surface area contributed by atoms with Crippen LogP contribution in [0.4, 0.5) is 0 Å². The van der Waals surface area contributed by atoms with Crippen LogP contribution in [0, 0.1) is 0 Å². The second kappa shape index (κ2) is 6.96. The van der Waals surface area contributed by atoms with E-state index >= 15 is 0 Å². The van der Waals surface area contributed by atoms with Gasteiger partial charge in [0.15, 0.2) is 5.78 Å². The smallest absolute Gasteiger partial charge is 0.163 e. The van der Waals surface area contributed by atoms with Crippen molar-refractivity contribution in [3.8, 4) is 0 Å². The van der Waals surface area contributed by atoms with Gasteiger partial charge in [0.05, 0.1) is 0 Å². The molecule has 0 aliphatic carbocycles. The monoisotopic (exact) mass is 215 g/mol. The lowest BCUT2D eigenvalue weighted by molar-refractivity contribution is -0.134. The van der Waals surface area contributed by atoms with E-state index < -0.39 is 5.60 Å². The van der Waals surface area contributed by atoms with Crippen LogP contribution >= 0.6 is 0 Å². The van der Waals surface area contributed by atoms with Crippen LogP contribution < -0.4 is 5.32 Å². The lowest BCUT2D eigenvalue weighted by Crippen LogP contribution is -2.30. The lowest BCUT2D eigenvalue weighted by atomic mass is 9.98. The van der Waals surface area contributed by atoms with Crippen molar-refractivity contribution < 1.29 is 9.90 Å². The summed E-state index contributed by atoms with van der Waals surface area (Å²) in [6.07, 6.45) is 3.51. The second-order valence-corrected chi connectivity index (χ2v) is 4.90. The van der Waals surface area contributed by atoms with Crippen LogP contribution in [0.5, 0.6) is 0 Å². The molecule has 90 valence electrons. The van der Waals surface area contributed by atoms with Gasteiger partial charge in [-0.15, -0.1) is 0 Å². The molecule has 0 fully saturated rings. The summed E-state index contributed by atoms with van der Waals surface area (Å²) in [4.78, 5) is 11.3. The van der Waals surface area contributed by atoms with Crippen LogP contribution in [0.25, 0.3) is 0 Å². The summed E-state index contributed by atoms with van der Waals surface area (Å²) in [7, 11) is 0. The van der Waals surface area contributed by atoms with E-state index in [0.29, 0.717) is 12.5 Å².